The van der Waals surface area contributed by atoms with E-state index in [0.29, 0.717) is 43.0 Å². The third kappa shape index (κ3) is 32.8. The summed E-state index contributed by atoms with van der Waals surface area (Å²) in [6, 6.07) is 0. The van der Waals surface area contributed by atoms with Crippen LogP contribution in [-0.2, 0) is 38.1 Å². The topological polar surface area (TPSA) is 129 Å². The molecule has 0 atom stereocenters. The molecule has 0 saturated heterocycles. The first-order chi connectivity index (χ1) is 18.7. The van der Waals surface area contributed by atoms with Gasteiger partial charge in [0.1, 0.15) is 6.61 Å². The van der Waals surface area contributed by atoms with Crippen LogP contribution < -0.4 is 0 Å². The number of ether oxygens (including phenoxy) is 4. The van der Waals surface area contributed by atoms with E-state index in [4.69, 9.17) is 14.6 Å². The van der Waals surface area contributed by atoms with E-state index in [0.717, 1.165) is 19.4 Å². The predicted octanol–water partition coefficient (Wildman–Crippen LogP) is 4.58. The van der Waals surface area contributed by atoms with Crippen molar-refractivity contribution in [2.45, 2.75) is 66.7 Å². The highest BCUT2D eigenvalue weighted by Gasteiger charge is 2.05. The van der Waals surface area contributed by atoms with Crippen molar-refractivity contribution in [2.75, 3.05) is 54.2 Å². The van der Waals surface area contributed by atoms with Crippen LogP contribution in [0.3, 0.4) is 0 Å². The summed E-state index contributed by atoms with van der Waals surface area (Å²) in [5.74, 6) is -1.43. The lowest BCUT2D eigenvalue weighted by molar-refractivity contribution is -0.140. The molecule has 232 valence electrons. The van der Waals surface area contributed by atoms with E-state index in [-0.39, 0.29) is 30.1 Å². The smallest absolute Gasteiger partial charge is 0.335 e. The van der Waals surface area contributed by atoms with Gasteiger partial charge >= 0.3 is 23.9 Å². The van der Waals surface area contributed by atoms with Gasteiger partial charge in [0, 0.05) is 23.3 Å². The van der Waals surface area contributed by atoms with Crippen LogP contribution in [0.5, 0.6) is 0 Å². The molecular formula is C30H53NO9. The monoisotopic (exact) mass is 571 g/mol. The Hall–Kier alpha value is -3.24. The lowest BCUT2D eigenvalue weighted by atomic mass is 10.2. The Morgan fingerprint density at radius 1 is 0.700 bits per heavy atom. The summed E-state index contributed by atoms with van der Waals surface area (Å²) < 4.78 is 18.6. The second-order valence-corrected chi connectivity index (χ2v) is 8.63. The molecule has 0 radical (unpaired) electrons. The van der Waals surface area contributed by atoms with Crippen LogP contribution in [0.25, 0.3) is 0 Å². The molecule has 0 aliphatic carbocycles. The van der Waals surface area contributed by atoms with Crippen LogP contribution in [0.4, 0.5) is 0 Å². The van der Waals surface area contributed by atoms with E-state index in [2.05, 4.69) is 42.7 Å². The first-order valence-corrected chi connectivity index (χ1v) is 13.2. The Morgan fingerprint density at radius 2 is 1.20 bits per heavy atom. The standard InChI is InChI=1S/C11H20O2.C8H15NO2.C6H10O3.C5H8O2/c1-4-6-7-8-9-13-11(12)10(3)5-2;1-7(2)8(10)11-6-5-9(3)4;1-3-9-6(8)5(2)4-7;1-4(2)5(6)7-3/h3-9H2,1-2H3;1,5-6H2,2-4H3;7H,2-4H2,1H3;1H2,2-3H3. The quantitative estimate of drug-likeness (QED) is 0.129. The van der Waals surface area contributed by atoms with Crippen LogP contribution in [0.15, 0.2) is 48.6 Å². The van der Waals surface area contributed by atoms with E-state index in [1.165, 1.54) is 20.0 Å². The number of aliphatic hydroxyl groups excluding tert-OH is 1. The third-order valence-corrected chi connectivity index (χ3v) is 4.36. The van der Waals surface area contributed by atoms with Gasteiger partial charge in [0.15, 0.2) is 0 Å². The van der Waals surface area contributed by atoms with Crippen molar-refractivity contribution < 1.29 is 43.2 Å². The van der Waals surface area contributed by atoms with Gasteiger partial charge in [-0.3, -0.25) is 0 Å². The molecule has 0 heterocycles. The van der Waals surface area contributed by atoms with Crippen molar-refractivity contribution in [3.63, 3.8) is 0 Å². The fourth-order valence-corrected chi connectivity index (χ4v) is 1.86. The van der Waals surface area contributed by atoms with Crippen LogP contribution in [0.2, 0.25) is 0 Å². The zero-order valence-corrected chi connectivity index (χ0v) is 26.1. The van der Waals surface area contributed by atoms with Crippen molar-refractivity contribution in [3.05, 3.63) is 48.6 Å². The normalized spacial score (nSPS) is 9.15. The zero-order chi connectivity index (χ0) is 32.1. The van der Waals surface area contributed by atoms with E-state index in [1.54, 1.807) is 20.8 Å². The van der Waals surface area contributed by atoms with Crippen molar-refractivity contribution in [1.82, 2.24) is 4.90 Å². The minimum absolute atomic E-state index is 0.0943. The maximum Gasteiger partial charge on any atom is 0.335 e. The molecule has 0 aromatic heterocycles. The van der Waals surface area contributed by atoms with Gasteiger partial charge in [0.05, 0.1) is 32.5 Å². The number of nitrogens with zero attached hydrogens (tertiary/aromatic N) is 1. The van der Waals surface area contributed by atoms with Crippen molar-refractivity contribution in [1.29, 1.82) is 0 Å². The van der Waals surface area contributed by atoms with Gasteiger partial charge in [0.2, 0.25) is 0 Å². The molecule has 0 aromatic rings. The molecule has 0 aliphatic heterocycles. The Morgan fingerprint density at radius 3 is 1.55 bits per heavy atom. The van der Waals surface area contributed by atoms with Crippen LogP contribution >= 0.6 is 0 Å². The highest BCUT2D eigenvalue weighted by atomic mass is 16.5. The molecule has 0 amide bonds. The number of esters is 4. The molecule has 0 fully saturated rings. The second kappa shape index (κ2) is 30.3. The Kier molecular flexibility index (Phi) is 33.2. The summed E-state index contributed by atoms with van der Waals surface area (Å²) >= 11 is 0. The maximum atomic E-state index is 11.1. The minimum atomic E-state index is -0.528. The van der Waals surface area contributed by atoms with Crippen LogP contribution in [0.1, 0.15) is 66.7 Å². The summed E-state index contributed by atoms with van der Waals surface area (Å²) in [5, 5.41) is 8.33. The number of carbonyl (C=O) groups is 4. The van der Waals surface area contributed by atoms with Crippen molar-refractivity contribution in [3.8, 4) is 0 Å². The lowest BCUT2D eigenvalue weighted by Crippen LogP contribution is -2.20. The van der Waals surface area contributed by atoms with Gasteiger partial charge in [-0.15, -0.1) is 0 Å². The summed E-state index contributed by atoms with van der Waals surface area (Å²) in [6.07, 6.45) is 5.20. The molecule has 0 saturated carbocycles. The third-order valence-electron chi connectivity index (χ3n) is 4.36. The largest absolute Gasteiger partial charge is 0.466 e. The van der Waals surface area contributed by atoms with Crippen LogP contribution in [-0.4, -0.2) is 88.1 Å². The van der Waals surface area contributed by atoms with Crippen molar-refractivity contribution >= 4 is 23.9 Å². The molecule has 1 N–H and O–H groups in total. The number of unbranched alkanes of at least 4 members (excludes halogenated alkanes) is 3. The molecule has 0 bridgehead atoms. The lowest BCUT2D eigenvalue weighted by Gasteiger charge is -2.09. The second-order valence-electron chi connectivity index (χ2n) is 8.63. The van der Waals surface area contributed by atoms with E-state index >= 15 is 0 Å². The summed E-state index contributed by atoms with van der Waals surface area (Å²) in [7, 11) is 5.18. The zero-order valence-electron chi connectivity index (χ0n) is 26.1. The van der Waals surface area contributed by atoms with Gasteiger partial charge < -0.3 is 29.0 Å². The fourth-order valence-electron chi connectivity index (χ4n) is 1.86. The fraction of sp³-hybridized carbons (Fsp3) is 0.600. The summed E-state index contributed by atoms with van der Waals surface area (Å²) in [6.45, 7) is 24.4. The summed E-state index contributed by atoms with van der Waals surface area (Å²) in [4.78, 5) is 44.5. The van der Waals surface area contributed by atoms with E-state index in [9.17, 15) is 19.2 Å². The van der Waals surface area contributed by atoms with Crippen LogP contribution in [0, 0.1) is 0 Å². The first-order valence-electron chi connectivity index (χ1n) is 13.2. The Bertz CT molecular complexity index is 786. The molecule has 40 heavy (non-hydrogen) atoms. The Balaban J connectivity index is -0.000000221. The number of hydrogen-bond acceptors (Lipinski definition) is 10. The predicted molar refractivity (Wildman–Crippen MR) is 159 cm³/mol. The van der Waals surface area contributed by atoms with E-state index < -0.39 is 5.97 Å². The van der Waals surface area contributed by atoms with Gasteiger partial charge in [-0.25, -0.2) is 19.2 Å². The molecule has 0 spiro atoms. The molecule has 10 heteroatoms. The van der Waals surface area contributed by atoms with Gasteiger partial charge in [0.25, 0.3) is 0 Å². The van der Waals surface area contributed by atoms with Gasteiger partial charge in [-0.05, 0) is 47.7 Å². The molecule has 10 nitrogen and oxygen atoms in total. The number of likely N-dealkylation sites (N-methyl/N-ethyl adjacent to an activating group) is 1. The molecule has 0 aliphatic rings. The summed E-state index contributed by atoms with van der Waals surface area (Å²) in [5.41, 5.74) is 1.54. The van der Waals surface area contributed by atoms with Gasteiger partial charge in [-0.1, -0.05) is 59.4 Å². The van der Waals surface area contributed by atoms with Gasteiger partial charge in [-0.2, -0.15) is 0 Å². The highest BCUT2D eigenvalue weighted by Crippen LogP contribution is 2.03. The SMILES string of the molecule is C=C(C)C(=O)OC.C=C(C)C(=O)OCCN(C)C.C=C(CC)C(=O)OCCCCCC.C=C(CO)C(=O)OCC. The number of methoxy groups -OCH3 is 1. The highest BCUT2D eigenvalue weighted by molar-refractivity contribution is 5.88. The first kappa shape index (κ1) is 43.8. The number of carbonyl (C=O) groups excluding carboxylic acids is 4. The average molecular weight is 572 g/mol. The number of hydrogen-bond donors (Lipinski definition) is 1. The molecule has 0 unspecified atom stereocenters. The molecular weight excluding hydrogens is 518 g/mol. The maximum absolute atomic E-state index is 11.1. The molecule has 0 rings (SSSR count). The van der Waals surface area contributed by atoms with E-state index in [1.807, 2.05) is 25.9 Å². The van der Waals surface area contributed by atoms with Crippen molar-refractivity contribution in [2.24, 2.45) is 0 Å². The Labute approximate surface area is 241 Å². The average Bonchev–Trinajstić information content (AvgIpc) is 2.92. The number of rotatable bonds is 15. The molecule has 0 aromatic carbocycles. The number of aliphatic hydroxyl groups is 1. The minimum Gasteiger partial charge on any atom is -0.466 e.